The van der Waals surface area contributed by atoms with Gasteiger partial charge in [-0.05, 0) is 30.5 Å². The minimum atomic E-state index is -0.605. The van der Waals surface area contributed by atoms with E-state index in [1.807, 2.05) is 39.0 Å². The van der Waals surface area contributed by atoms with Crippen LogP contribution < -0.4 is 0 Å². The predicted molar refractivity (Wildman–Crippen MR) is 76.6 cm³/mol. The van der Waals surface area contributed by atoms with Crippen LogP contribution in [0, 0.1) is 23.2 Å². The summed E-state index contributed by atoms with van der Waals surface area (Å²) in [6.07, 6.45) is 0. The standard InChI is InChI=1S/C15H19ClN2O/c1-10(2)14(9-17)15(19)18(4)11(3)12-6-5-7-13(16)8-12/h5-8,10-11,14H,1-4H3. The molecule has 3 nitrogen and oxygen atoms in total. The fourth-order valence-electron chi connectivity index (χ4n) is 1.89. The first-order valence-corrected chi connectivity index (χ1v) is 6.68. The summed E-state index contributed by atoms with van der Waals surface area (Å²) in [5.41, 5.74) is 0.962. The highest BCUT2D eigenvalue weighted by Crippen LogP contribution is 2.24. The summed E-state index contributed by atoms with van der Waals surface area (Å²) in [5.74, 6) is -0.747. The summed E-state index contributed by atoms with van der Waals surface area (Å²) in [5, 5.41) is 9.74. The molecule has 0 aliphatic carbocycles. The Kier molecular flexibility index (Phi) is 5.38. The van der Waals surface area contributed by atoms with Crippen molar-refractivity contribution in [3.05, 3.63) is 34.9 Å². The maximum Gasteiger partial charge on any atom is 0.240 e. The maximum absolute atomic E-state index is 12.3. The molecule has 2 atom stereocenters. The Morgan fingerprint density at radius 3 is 2.47 bits per heavy atom. The molecular weight excluding hydrogens is 260 g/mol. The van der Waals surface area contributed by atoms with Crippen molar-refractivity contribution in [2.24, 2.45) is 11.8 Å². The van der Waals surface area contributed by atoms with Gasteiger partial charge in [-0.3, -0.25) is 4.79 Å². The number of hydrogen-bond acceptors (Lipinski definition) is 2. The fraction of sp³-hybridized carbons (Fsp3) is 0.467. The van der Waals surface area contributed by atoms with Gasteiger partial charge in [0.05, 0.1) is 12.1 Å². The van der Waals surface area contributed by atoms with E-state index in [1.165, 1.54) is 0 Å². The Morgan fingerprint density at radius 1 is 1.37 bits per heavy atom. The second-order valence-corrected chi connectivity index (χ2v) is 5.47. The van der Waals surface area contributed by atoms with E-state index >= 15 is 0 Å². The molecule has 4 heteroatoms. The van der Waals surface area contributed by atoms with Crippen LogP contribution in [0.1, 0.15) is 32.4 Å². The molecule has 1 aromatic carbocycles. The summed E-state index contributed by atoms with van der Waals surface area (Å²) < 4.78 is 0. The van der Waals surface area contributed by atoms with Gasteiger partial charge in [-0.25, -0.2) is 0 Å². The van der Waals surface area contributed by atoms with E-state index in [0.717, 1.165) is 5.56 Å². The average Bonchev–Trinajstić information content (AvgIpc) is 2.37. The monoisotopic (exact) mass is 278 g/mol. The third-order valence-corrected chi connectivity index (χ3v) is 3.57. The molecule has 0 aromatic heterocycles. The Balaban J connectivity index is 2.91. The van der Waals surface area contributed by atoms with Crippen molar-refractivity contribution < 1.29 is 4.79 Å². The van der Waals surface area contributed by atoms with Crippen molar-refractivity contribution in [3.63, 3.8) is 0 Å². The molecule has 0 spiro atoms. The van der Waals surface area contributed by atoms with Crippen molar-refractivity contribution in [2.75, 3.05) is 7.05 Å². The average molecular weight is 279 g/mol. The maximum atomic E-state index is 12.3. The molecule has 0 N–H and O–H groups in total. The molecule has 0 aliphatic rings. The molecule has 0 bridgehead atoms. The minimum Gasteiger partial charge on any atom is -0.338 e. The van der Waals surface area contributed by atoms with Crippen molar-refractivity contribution in [1.29, 1.82) is 5.26 Å². The van der Waals surface area contributed by atoms with E-state index in [2.05, 4.69) is 6.07 Å². The third kappa shape index (κ3) is 3.71. The molecule has 0 saturated heterocycles. The minimum absolute atomic E-state index is 0.00603. The van der Waals surface area contributed by atoms with Crippen molar-refractivity contribution >= 4 is 17.5 Å². The highest BCUT2D eigenvalue weighted by atomic mass is 35.5. The lowest BCUT2D eigenvalue weighted by atomic mass is 9.95. The van der Waals surface area contributed by atoms with Gasteiger partial charge in [-0.2, -0.15) is 5.26 Å². The van der Waals surface area contributed by atoms with Crippen LogP contribution in [-0.2, 0) is 4.79 Å². The van der Waals surface area contributed by atoms with Gasteiger partial charge in [0.1, 0.15) is 5.92 Å². The summed E-state index contributed by atoms with van der Waals surface area (Å²) >= 11 is 5.96. The van der Waals surface area contributed by atoms with Crippen LogP contribution in [0.25, 0.3) is 0 Å². The SMILES string of the molecule is CC(C)C(C#N)C(=O)N(C)C(C)c1cccc(Cl)c1. The first-order chi connectivity index (χ1) is 8.88. The van der Waals surface area contributed by atoms with Gasteiger partial charge in [0.2, 0.25) is 5.91 Å². The Hall–Kier alpha value is -1.53. The number of carbonyl (C=O) groups excluding carboxylic acids is 1. The van der Waals surface area contributed by atoms with E-state index in [4.69, 9.17) is 16.9 Å². The van der Waals surface area contributed by atoms with Gasteiger partial charge in [-0.1, -0.05) is 37.6 Å². The summed E-state index contributed by atoms with van der Waals surface area (Å²) in [4.78, 5) is 13.9. The molecule has 0 saturated carbocycles. The van der Waals surface area contributed by atoms with Crippen molar-refractivity contribution in [1.82, 2.24) is 4.90 Å². The topological polar surface area (TPSA) is 44.1 Å². The van der Waals surface area contributed by atoms with E-state index in [9.17, 15) is 4.79 Å². The molecule has 1 amide bonds. The number of nitrogens with zero attached hydrogens (tertiary/aromatic N) is 2. The van der Waals surface area contributed by atoms with E-state index in [0.29, 0.717) is 5.02 Å². The largest absolute Gasteiger partial charge is 0.338 e. The zero-order chi connectivity index (χ0) is 14.6. The fourth-order valence-corrected chi connectivity index (χ4v) is 2.09. The number of rotatable bonds is 4. The summed E-state index contributed by atoms with van der Waals surface area (Å²) in [7, 11) is 1.72. The lowest BCUT2D eigenvalue weighted by molar-refractivity contribution is -0.135. The van der Waals surface area contributed by atoms with Crippen LogP contribution in [0.2, 0.25) is 5.02 Å². The first-order valence-electron chi connectivity index (χ1n) is 6.30. The second-order valence-electron chi connectivity index (χ2n) is 5.03. The quantitative estimate of drug-likeness (QED) is 0.844. The number of halogens is 1. The van der Waals surface area contributed by atoms with Crippen LogP contribution in [0.3, 0.4) is 0 Å². The lowest BCUT2D eigenvalue weighted by Gasteiger charge is -2.28. The summed E-state index contributed by atoms with van der Waals surface area (Å²) in [6, 6.07) is 9.40. The molecule has 0 radical (unpaired) electrons. The predicted octanol–water partition coefficient (Wildman–Crippen LogP) is 3.66. The molecule has 0 heterocycles. The number of nitriles is 1. The zero-order valence-corrected chi connectivity index (χ0v) is 12.5. The molecule has 102 valence electrons. The number of benzene rings is 1. The number of carbonyl (C=O) groups is 1. The highest BCUT2D eigenvalue weighted by molar-refractivity contribution is 6.30. The molecule has 1 aromatic rings. The van der Waals surface area contributed by atoms with Gasteiger partial charge in [0, 0.05) is 12.1 Å². The van der Waals surface area contributed by atoms with Crippen LogP contribution in [0.4, 0.5) is 0 Å². The number of amides is 1. The van der Waals surface area contributed by atoms with Crippen molar-refractivity contribution in [2.45, 2.75) is 26.8 Å². The van der Waals surface area contributed by atoms with Crippen LogP contribution in [0.5, 0.6) is 0 Å². The smallest absolute Gasteiger partial charge is 0.240 e. The van der Waals surface area contributed by atoms with Gasteiger partial charge in [0.15, 0.2) is 0 Å². The van der Waals surface area contributed by atoms with E-state index < -0.39 is 5.92 Å². The normalized spacial score (nSPS) is 13.7. The highest BCUT2D eigenvalue weighted by Gasteiger charge is 2.27. The second kappa shape index (κ2) is 6.58. The third-order valence-electron chi connectivity index (χ3n) is 3.33. The van der Waals surface area contributed by atoms with Crippen LogP contribution >= 0.6 is 11.6 Å². The molecular formula is C15H19ClN2O. The zero-order valence-electron chi connectivity index (χ0n) is 11.7. The molecule has 19 heavy (non-hydrogen) atoms. The first kappa shape index (κ1) is 15.5. The van der Waals surface area contributed by atoms with Crippen LogP contribution in [-0.4, -0.2) is 17.9 Å². The molecule has 1 rings (SSSR count). The van der Waals surface area contributed by atoms with Crippen molar-refractivity contribution in [3.8, 4) is 6.07 Å². The molecule has 0 aliphatic heterocycles. The van der Waals surface area contributed by atoms with Gasteiger partial charge in [0.25, 0.3) is 0 Å². The Morgan fingerprint density at radius 2 is 2.00 bits per heavy atom. The molecule has 2 unspecified atom stereocenters. The Labute approximate surface area is 119 Å². The van der Waals surface area contributed by atoms with Gasteiger partial charge >= 0.3 is 0 Å². The van der Waals surface area contributed by atoms with Gasteiger partial charge < -0.3 is 4.90 Å². The van der Waals surface area contributed by atoms with E-state index in [-0.39, 0.29) is 17.9 Å². The van der Waals surface area contributed by atoms with Gasteiger partial charge in [-0.15, -0.1) is 0 Å². The van der Waals surface area contributed by atoms with E-state index in [1.54, 1.807) is 18.0 Å². The van der Waals surface area contributed by atoms with Crippen LogP contribution in [0.15, 0.2) is 24.3 Å². The summed E-state index contributed by atoms with van der Waals surface area (Å²) in [6.45, 7) is 5.69. The molecule has 0 fully saturated rings. The number of hydrogen-bond donors (Lipinski definition) is 0. The lowest BCUT2D eigenvalue weighted by Crippen LogP contribution is -2.36. The Bertz CT molecular complexity index is 493.